The van der Waals surface area contributed by atoms with Gasteiger partial charge in [-0.15, -0.1) is 0 Å². The minimum absolute atomic E-state index is 0.243. The molecule has 0 aliphatic heterocycles. The number of aromatic nitrogens is 1. The zero-order chi connectivity index (χ0) is 19.3. The van der Waals surface area contributed by atoms with Gasteiger partial charge in [-0.05, 0) is 66.9 Å². The van der Waals surface area contributed by atoms with Crippen LogP contribution in [0.3, 0.4) is 0 Å². The number of carbonyl (C=O) groups is 1. The fraction of sp³-hybridized carbons (Fsp3) is 0.182. The van der Waals surface area contributed by atoms with Crippen LogP contribution in [0.25, 0.3) is 0 Å². The van der Waals surface area contributed by atoms with E-state index in [1.54, 1.807) is 24.4 Å². The lowest BCUT2D eigenvalue weighted by molar-refractivity contribution is 0.102. The van der Waals surface area contributed by atoms with Crippen LogP contribution >= 0.6 is 11.6 Å². The predicted octanol–water partition coefficient (Wildman–Crippen LogP) is 5.14. The number of rotatable bonds is 7. The SMILES string of the molecule is O=C(Nc1ccc(OCc2ccc(Cl)cc2)cc1)c1ccc(NC2CC2)cn1. The highest BCUT2D eigenvalue weighted by molar-refractivity contribution is 6.30. The Hall–Kier alpha value is -3.05. The van der Waals surface area contributed by atoms with Crippen LogP contribution in [0.4, 0.5) is 11.4 Å². The lowest BCUT2D eigenvalue weighted by Crippen LogP contribution is -2.13. The molecule has 142 valence electrons. The number of nitrogens with zero attached hydrogens (tertiary/aromatic N) is 1. The quantitative estimate of drug-likeness (QED) is 0.583. The first-order valence-corrected chi connectivity index (χ1v) is 9.55. The third-order valence-corrected chi connectivity index (χ3v) is 4.63. The standard InChI is InChI=1S/C22H20ClN3O2/c23-16-3-1-15(2-4-16)14-28-20-10-7-18(8-11-20)26-22(27)21-12-9-19(13-24-21)25-17-5-6-17/h1-4,7-13,17,25H,5-6,14H2,(H,26,27). The van der Waals surface area contributed by atoms with Crippen molar-refractivity contribution >= 4 is 28.9 Å². The molecule has 0 bridgehead atoms. The molecule has 1 saturated carbocycles. The van der Waals surface area contributed by atoms with Gasteiger partial charge < -0.3 is 15.4 Å². The molecule has 1 heterocycles. The first kappa shape index (κ1) is 18.3. The molecule has 3 aromatic rings. The molecule has 0 unspecified atom stereocenters. The van der Waals surface area contributed by atoms with Gasteiger partial charge in [0, 0.05) is 16.8 Å². The monoisotopic (exact) mass is 393 g/mol. The molecule has 0 radical (unpaired) electrons. The molecular formula is C22H20ClN3O2. The summed E-state index contributed by atoms with van der Waals surface area (Å²) < 4.78 is 5.75. The molecule has 2 aromatic carbocycles. The van der Waals surface area contributed by atoms with Crippen LogP contribution in [-0.2, 0) is 6.61 Å². The van der Waals surface area contributed by atoms with Gasteiger partial charge in [0.2, 0.25) is 0 Å². The molecule has 0 atom stereocenters. The number of benzene rings is 2. The molecule has 2 N–H and O–H groups in total. The van der Waals surface area contributed by atoms with Gasteiger partial charge in [0.25, 0.3) is 5.91 Å². The van der Waals surface area contributed by atoms with Crippen LogP contribution in [0.15, 0.2) is 66.9 Å². The Morgan fingerprint density at radius 3 is 2.36 bits per heavy atom. The predicted molar refractivity (Wildman–Crippen MR) is 111 cm³/mol. The number of hydrogen-bond donors (Lipinski definition) is 2. The summed E-state index contributed by atoms with van der Waals surface area (Å²) in [5.41, 5.74) is 3.05. The van der Waals surface area contributed by atoms with Crippen LogP contribution in [0.2, 0.25) is 5.02 Å². The number of carbonyl (C=O) groups excluding carboxylic acids is 1. The summed E-state index contributed by atoms with van der Waals surface area (Å²) in [5, 5.41) is 6.90. The van der Waals surface area contributed by atoms with Crippen molar-refractivity contribution < 1.29 is 9.53 Å². The summed E-state index contributed by atoms with van der Waals surface area (Å²) in [7, 11) is 0. The number of anilines is 2. The second-order valence-corrected chi connectivity index (χ2v) is 7.18. The topological polar surface area (TPSA) is 63.2 Å². The van der Waals surface area contributed by atoms with E-state index in [1.807, 2.05) is 42.5 Å². The molecule has 1 aliphatic carbocycles. The zero-order valence-electron chi connectivity index (χ0n) is 15.2. The molecule has 28 heavy (non-hydrogen) atoms. The minimum Gasteiger partial charge on any atom is -0.489 e. The Kier molecular flexibility index (Phi) is 5.44. The molecule has 1 aromatic heterocycles. The molecule has 6 heteroatoms. The van der Waals surface area contributed by atoms with Gasteiger partial charge in [-0.3, -0.25) is 4.79 Å². The number of hydrogen-bond acceptors (Lipinski definition) is 4. The average Bonchev–Trinajstić information content (AvgIpc) is 3.53. The lowest BCUT2D eigenvalue weighted by Gasteiger charge is -2.09. The molecular weight excluding hydrogens is 374 g/mol. The van der Waals surface area contributed by atoms with Gasteiger partial charge in [0.15, 0.2) is 0 Å². The van der Waals surface area contributed by atoms with E-state index in [-0.39, 0.29) is 5.91 Å². The largest absolute Gasteiger partial charge is 0.489 e. The third kappa shape index (κ3) is 5.02. The van der Waals surface area contributed by atoms with E-state index in [9.17, 15) is 4.79 Å². The Morgan fingerprint density at radius 1 is 1.00 bits per heavy atom. The number of pyridine rings is 1. The normalized spacial score (nSPS) is 13.0. The Bertz CT molecular complexity index is 937. The Balaban J connectivity index is 1.30. The maximum Gasteiger partial charge on any atom is 0.274 e. The van der Waals surface area contributed by atoms with Crippen molar-refractivity contribution in [3.8, 4) is 5.75 Å². The van der Waals surface area contributed by atoms with Crippen LogP contribution in [0.5, 0.6) is 5.75 Å². The second-order valence-electron chi connectivity index (χ2n) is 6.74. The van der Waals surface area contributed by atoms with Crippen molar-refractivity contribution in [1.82, 2.24) is 4.98 Å². The fourth-order valence-electron chi connectivity index (χ4n) is 2.65. The maximum absolute atomic E-state index is 12.3. The van der Waals surface area contributed by atoms with Crippen molar-refractivity contribution in [2.75, 3.05) is 10.6 Å². The van der Waals surface area contributed by atoms with Crippen LogP contribution in [0, 0.1) is 0 Å². The highest BCUT2D eigenvalue weighted by atomic mass is 35.5. The van der Waals surface area contributed by atoms with Crippen molar-refractivity contribution in [2.45, 2.75) is 25.5 Å². The molecule has 0 saturated heterocycles. The van der Waals surface area contributed by atoms with Crippen LogP contribution in [0.1, 0.15) is 28.9 Å². The lowest BCUT2D eigenvalue weighted by atomic mass is 10.2. The minimum atomic E-state index is -0.243. The van der Waals surface area contributed by atoms with Crippen molar-refractivity contribution in [3.63, 3.8) is 0 Å². The van der Waals surface area contributed by atoms with E-state index in [0.29, 0.717) is 29.1 Å². The van der Waals surface area contributed by atoms with Gasteiger partial charge in [0.1, 0.15) is 18.1 Å². The summed E-state index contributed by atoms with van der Waals surface area (Å²) in [6.07, 6.45) is 4.09. The van der Waals surface area contributed by atoms with Crippen molar-refractivity contribution in [1.29, 1.82) is 0 Å². The average molecular weight is 394 g/mol. The van der Waals surface area contributed by atoms with E-state index in [4.69, 9.17) is 16.3 Å². The second kappa shape index (κ2) is 8.31. The van der Waals surface area contributed by atoms with Gasteiger partial charge >= 0.3 is 0 Å². The number of halogens is 1. The molecule has 0 spiro atoms. The van der Waals surface area contributed by atoms with E-state index in [1.165, 1.54) is 12.8 Å². The van der Waals surface area contributed by atoms with E-state index >= 15 is 0 Å². The number of nitrogens with one attached hydrogen (secondary N) is 2. The summed E-state index contributed by atoms with van der Waals surface area (Å²) >= 11 is 5.88. The van der Waals surface area contributed by atoms with Crippen LogP contribution in [-0.4, -0.2) is 16.9 Å². The molecule has 1 aliphatic rings. The third-order valence-electron chi connectivity index (χ3n) is 4.38. The van der Waals surface area contributed by atoms with Crippen molar-refractivity contribution in [3.05, 3.63) is 83.1 Å². The fourth-order valence-corrected chi connectivity index (χ4v) is 2.78. The molecule has 4 rings (SSSR count). The van der Waals surface area contributed by atoms with E-state index in [0.717, 1.165) is 17.0 Å². The Morgan fingerprint density at radius 2 is 1.71 bits per heavy atom. The zero-order valence-corrected chi connectivity index (χ0v) is 15.9. The molecule has 1 fully saturated rings. The molecule has 5 nitrogen and oxygen atoms in total. The van der Waals surface area contributed by atoms with E-state index < -0.39 is 0 Å². The number of ether oxygens (including phenoxy) is 1. The van der Waals surface area contributed by atoms with Gasteiger partial charge in [0.05, 0.1) is 11.9 Å². The van der Waals surface area contributed by atoms with E-state index in [2.05, 4.69) is 15.6 Å². The molecule has 1 amide bonds. The van der Waals surface area contributed by atoms with Crippen molar-refractivity contribution in [2.24, 2.45) is 0 Å². The van der Waals surface area contributed by atoms with Crippen LogP contribution < -0.4 is 15.4 Å². The van der Waals surface area contributed by atoms with Gasteiger partial charge in [-0.25, -0.2) is 4.98 Å². The first-order chi connectivity index (χ1) is 13.7. The Labute approximate surface area is 168 Å². The van der Waals surface area contributed by atoms with Gasteiger partial charge in [-0.1, -0.05) is 23.7 Å². The highest BCUT2D eigenvalue weighted by Gasteiger charge is 2.20. The first-order valence-electron chi connectivity index (χ1n) is 9.17. The maximum atomic E-state index is 12.3. The highest BCUT2D eigenvalue weighted by Crippen LogP contribution is 2.24. The summed E-state index contributed by atoms with van der Waals surface area (Å²) in [6.45, 7) is 0.452. The summed E-state index contributed by atoms with van der Waals surface area (Å²) in [4.78, 5) is 16.6. The van der Waals surface area contributed by atoms with Gasteiger partial charge in [-0.2, -0.15) is 0 Å². The summed E-state index contributed by atoms with van der Waals surface area (Å²) in [6, 6.07) is 18.9. The number of amides is 1. The smallest absolute Gasteiger partial charge is 0.274 e. The summed E-state index contributed by atoms with van der Waals surface area (Å²) in [5.74, 6) is 0.481.